The normalized spacial score (nSPS) is 15.8. The first-order valence-corrected chi connectivity index (χ1v) is 30.3. The molecule has 0 amide bonds. The highest BCUT2D eigenvalue weighted by Gasteiger charge is 2.42. The second kappa shape index (κ2) is 19.9. The number of rotatable bonds is 7. The molecule has 320 valence electrons. The zero-order chi connectivity index (χ0) is 45.1. The van der Waals surface area contributed by atoms with Crippen LogP contribution < -0.4 is 9.47 Å². The highest BCUT2D eigenvalue weighted by molar-refractivity contribution is 14.1. The lowest BCUT2D eigenvalue weighted by Crippen LogP contribution is -2.17. The maximum Gasteiger partial charge on any atom is 0.345 e. The van der Waals surface area contributed by atoms with Crippen LogP contribution in [0.25, 0.3) is 11.1 Å². The molecule has 0 spiro atoms. The fourth-order valence-corrected chi connectivity index (χ4v) is 20.0. The van der Waals surface area contributed by atoms with Gasteiger partial charge in [0.25, 0.3) is 0 Å². The fraction of sp³-hybridized carbons (Fsp3) is 0. The Labute approximate surface area is 469 Å². The molecule has 8 aromatic carbocycles. The number of esters is 2. The van der Waals surface area contributed by atoms with Crippen molar-refractivity contribution in [2.75, 3.05) is 0 Å². The Morgan fingerprint density at radius 2 is 0.892 bits per heavy atom. The average molecular weight is 1600 g/mol. The molecule has 0 N–H and O–H groups in total. The summed E-state index contributed by atoms with van der Waals surface area (Å²) < 4.78 is 31.6. The van der Waals surface area contributed by atoms with Crippen LogP contribution in [0.2, 0.25) is 0 Å². The first kappa shape index (κ1) is 47.0. The van der Waals surface area contributed by atoms with Crippen LogP contribution in [-0.4, -0.2) is 16.1 Å². The summed E-state index contributed by atoms with van der Waals surface area (Å²) >= 11 is 15.0. The number of hydrogen-bond donors (Lipinski definition) is 0. The van der Waals surface area contributed by atoms with E-state index in [2.05, 4.69) is 208 Å². The van der Waals surface area contributed by atoms with E-state index in [-0.39, 0.29) is 5.97 Å². The molecule has 0 radical (unpaired) electrons. The maximum atomic E-state index is 14.3. The van der Waals surface area contributed by atoms with E-state index in [1.54, 1.807) is 11.8 Å². The molecule has 0 aromatic heterocycles. The standard InChI is InChI=1S/C50H26I6O5S4/c51-33-19-21-35(53)47(55)45(33)49(57)60-29-11-15-31(16-12-29)63-39-6-2-1-5-37(39)62-38-23-9-27(25-43(38)63)28-10-24-42-44(26-28)64(40-7-3-4-8-41(40)65(42)59)32-17-13-30(14-18-32)61-50(58)46-34(52)20-22-36(54)48(46)56/h1-26H/q+2. The van der Waals surface area contributed by atoms with Gasteiger partial charge in [0.05, 0.1) is 41.5 Å². The van der Waals surface area contributed by atoms with Crippen LogP contribution >= 0.6 is 147 Å². The van der Waals surface area contributed by atoms with E-state index in [1.165, 1.54) is 19.6 Å². The van der Waals surface area contributed by atoms with Gasteiger partial charge in [0.1, 0.15) is 33.3 Å². The smallest absolute Gasteiger partial charge is 0.345 e. The largest absolute Gasteiger partial charge is 0.423 e. The van der Waals surface area contributed by atoms with Crippen molar-refractivity contribution in [3.63, 3.8) is 0 Å². The summed E-state index contributed by atoms with van der Waals surface area (Å²) in [5.74, 6) is 0.188. The maximum absolute atomic E-state index is 14.3. The van der Waals surface area contributed by atoms with Gasteiger partial charge in [-0.3, -0.25) is 0 Å². The first-order chi connectivity index (χ1) is 31.4. The van der Waals surface area contributed by atoms with Crippen molar-refractivity contribution < 1.29 is 23.3 Å². The molecular formula is C50H26I6O5S4+2. The van der Waals surface area contributed by atoms with Crippen molar-refractivity contribution in [2.45, 2.75) is 49.0 Å². The third kappa shape index (κ3) is 9.27. The Balaban J connectivity index is 0.992. The van der Waals surface area contributed by atoms with Crippen LogP contribution in [0.4, 0.5) is 0 Å². The van der Waals surface area contributed by atoms with Crippen molar-refractivity contribution in [3.05, 3.63) is 190 Å². The Morgan fingerprint density at radius 1 is 0.446 bits per heavy atom. The molecule has 3 unspecified atom stereocenters. The number of carbonyl (C=O) groups excluding carboxylic acids is 2. The monoisotopic (exact) mass is 1600 g/mol. The minimum absolute atomic E-state index is 0.372. The van der Waals surface area contributed by atoms with Crippen LogP contribution in [0.3, 0.4) is 0 Å². The summed E-state index contributed by atoms with van der Waals surface area (Å²) in [7, 11) is -2.42. The van der Waals surface area contributed by atoms with Gasteiger partial charge in [-0.15, -0.1) is 0 Å². The Morgan fingerprint density at radius 3 is 1.48 bits per heavy atom. The van der Waals surface area contributed by atoms with Crippen LogP contribution in [-0.2, 0) is 32.6 Å². The lowest BCUT2D eigenvalue weighted by molar-refractivity contribution is 0.0722. The first-order valence-electron chi connectivity index (χ1n) is 19.4. The highest BCUT2D eigenvalue weighted by atomic mass is 127. The van der Waals surface area contributed by atoms with Crippen molar-refractivity contribution in [1.82, 2.24) is 0 Å². The molecule has 15 heteroatoms. The third-order valence-corrected chi connectivity index (χ3v) is 26.2. The number of halogens is 6. The van der Waals surface area contributed by atoms with E-state index < -0.39 is 38.6 Å². The van der Waals surface area contributed by atoms with Gasteiger partial charge < -0.3 is 9.47 Å². The Hall–Kier alpha value is -1.72. The molecular weight excluding hydrogens is 1570 g/mol. The summed E-state index contributed by atoms with van der Waals surface area (Å²) in [6.07, 6.45) is 0. The third-order valence-electron chi connectivity index (χ3n) is 10.5. The zero-order valence-corrected chi connectivity index (χ0v) is 49.2. The molecule has 5 nitrogen and oxygen atoms in total. The van der Waals surface area contributed by atoms with Gasteiger partial charge in [-0.2, -0.15) is 0 Å². The number of ether oxygens (including phenoxy) is 2. The molecule has 0 aliphatic carbocycles. The topological polar surface area (TPSA) is 69.7 Å². The van der Waals surface area contributed by atoms with Crippen molar-refractivity contribution in [2.24, 2.45) is 0 Å². The molecule has 2 aliphatic rings. The highest BCUT2D eigenvalue weighted by Crippen LogP contribution is 2.50. The van der Waals surface area contributed by atoms with Crippen LogP contribution in [0.15, 0.2) is 207 Å². The molecule has 2 heterocycles. The molecule has 10 rings (SSSR count). The van der Waals surface area contributed by atoms with Gasteiger partial charge in [-0.25, -0.2) is 13.8 Å². The van der Waals surface area contributed by atoms with E-state index in [0.717, 1.165) is 61.9 Å². The molecule has 0 bridgehead atoms. The second-order valence-corrected chi connectivity index (χ2v) is 27.6. The Kier molecular flexibility index (Phi) is 14.4. The lowest BCUT2D eigenvalue weighted by atomic mass is 10.1. The SMILES string of the molecule is O=C(Oc1ccc([S+]2c3ccccc3Sc3ccc(-c4ccc5c(c4)[S+](c4ccc(OC(=O)c6c(I)ccc(I)c6I)cc4)c4ccccc4S5=O)cc32)cc1)c1c(I)ccc(I)c1I. The number of fused-ring (bicyclic) bond motifs is 4. The van der Waals surface area contributed by atoms with E-state index in [1.807, 2.05) is 84.9 Å². The second-order valence-electron chi connectivity index (χ2n) is 14.4. The predicted octanol–water partition coefficient (Wildman–Crippen LogP) is 15.6. The van der Waals surface area contributed by atoms with Crippen LogP contribution in [0.5, 0.6) is 11.5 Å². The van der Waals surface area contributed by atoms with Gasteiger partial charge in [0, 0.05) is 33.6 Å². The average Bonchev–Trinajstić information content (AvgIpc) is 3.31. The molecule has 0 fully saturated rings. The fourth-order valence-electron chi connectivity index (χ4n) is 7.42. The predicted molar refractivity (Wildman–Crippen MR) is 310 cm³/mol. The van der Waals surface area contributed by atoms with E-state index in [9.17, 15) is 13.8 Å². The van der Waals surface area contributed by atoms with Gasteiger partial charge in [0.2, 0.25) is 0 Å². The zero-order valence-electron chi connectivity index (χ0n) is 33.0. The van der Waals surface area contributed by atoms with E-state index >= 15 is 0 Å². The van der Waals surface area contributed by atoms with Gasteiger partial charge in [-0.05, 0) is 256 Å². The van der Waals surface area contributed by atoms with Crippen molar-refractivity contribution >= 4 is 192 Å². The van der Waals surface area contributed by atoms with Gasteiger partial charge in [-0.1, -0.05) is 48.2 Å². The minimum atomic E-state index is -1.37. The number of carbonyl (C=O) groups is 2. The molecule has 65 heavy (non-hydrogen) atoms. The van der Waals surface area contributed by atoms with Crippen LogP contribution in [0, 0.1) is 21.4 Å². The molecule has 3 atom stereocenters. The van der Waals surface area contributed by atoms with E-state index in [0.29, 0.717) is 22.6 Å². The minimum Gasteiger partial charge on any atom is -0.423 e. The molecule has 0 saturated carbocycles. The Bertz CT molecular complexity index is 3290. The van der Waals surface area contributed by atoms with Crippen LogP contribution in [0.1, 0.15) is 20.7 Å². The molecule has 2 aliphatic heterocycles. The summed E-state index contributed by atoms with van der Waals surface area (Å²) in [5.41, 5.74) is 3.23. The summed E-state index contributed by atoms with van der Waals surface area (Å²) in [6.45, 7) is 0. The summed E-state index contributed by atoms with van der Waals surface area (Å²) in [6, 6.07) is 53.2. The number of hydrogen-bond acceptors (Lipinski definition) is 6. The van der Waals surface area contributed by atoms with Gasteiger partial charge in [0.15, 0.2) is 29.4 Å². The molecule has 0 saturated heterocycles. The summed E-state index contributed by atoms with van der Waals surface area (Å²) in [4.78, 5) is 37.5. The molecule has 8 aromatic rings. The summed E-state index contributed by atoms with van der Waals surface area (Å²) in [5, 5.41) is 0. The lowest BCUT2D eigenvalue weighted by Gasteiger charge is -2.21. The van der Waals surface area contributed by atoms with E-state index in [4.69, 9.17) is 9.47 Å². The van der Waals surface area contributed by atoms with Crippen molar-refractivity contribution in [3.8, 4) is 22.6 Å². The van der Waals surface area contributed by atoms with Gasteiger partial charge >= 0.3 is 11.9 Å². The number of benzene rings is 8. The van der Waals surface area contributed by atoms with Crippen molar-refractivity contribution in [1.29, 1.82) is 0 Å². The quantitative estimate of drug-likeness (QED) is 0.0521.